The molecule has 2 aliphatic rings. The normalized spacial score (nSPS) is 28.5. The Morgan fingerprint density at radius 3 is 1.13 bits per heavy atom. The van der Waals surface area contributed by atoms with Gasteiger partial charge in [-0.3, -0.25) is 27.7 Å². The van der Waals surface area contributed by atoms with Crippen LogP contribution in [0.1, 0.15) is 78.1 Å². The summed E-state index contributed by atoms with van der Waals surface area (Å²) in [5.74, 6) is -0.899. The smallest absolute Gasteiger partial charge is 0.394 e. The maximum Gasteiger partial charge on any atom is 0.472 e. The van der Waals surface area contributed by atoms with Crippen LogP contribution in [0.5, 0.6) is 0 Å². The Hall–Kier alpha value is -1.32. The van der Waals surface area contributed by atoms with E-state index in [1.807, 2.05) is 0 Å². The average molecular weight is 945 g/mol. The second kappa shape index (κ2) is 31.6. The van der Waals surface area contributed by atoms with E-state index in [9.17, 15) is 59.1 Å². The summed E-state index contributed by atoms with van der Waals surface area (Å²) in [4.78, 5) is 42.8. The van der Waals surface area contributed by atoms with Gasteiger partial charge in [0.25, 0.3) is 0 Å². The Labute approximate surface area is 362 Å². The highest BCUT2D eigenvalue weighted by molar-refractivity contribution is 7.47. The fourth-order valence-electron chi connectivity index (χ4n) is 6.18. The van der Waals surface area contributed by atoms with E-state index in [-0.39, 0.29) is 66.1 Å². The molecule has 0 aromatic heterocycles. The van der Waals surface area contributed by atoms with Crippen LogP contribution in [0.2, 0.25) is 0 Å². The van der Waals surface area contributed by atoms with Crippen molar-refractivity contribution >= 4 is 27.5 Å². The summed E-state index contributed by atoms with van der Waals surface area (Å²) >= 11 is 0. The van der Waals surface area contributed by atoms with Crippen LogP contribution in [-0.2, 0) is 65.2 Å². The standard InChI is InChI=1S/C36H70N2O22P2/c1-25(41)37-29-33(45)31(43)27(23-39)59-35(29)53-15-7-3-5-9-17-55-61(47,48)57-19-11-13-51-21-22-52-14-12-20-58-62(49,50)56-18-10-6-4-8-16-54-36-30(38-26(2)42)34(46)32(44)28(24-40)60-36/h27-36,39-40,43-46H,3-24H2,1-2H3,(H,37,41)(H,38,42)(H,47,48)(H,49,50)/t27?,28?,29-,30?,31-,32-,33?,34?,35+,36+/m0/s1. The molecular weight excluding hydrogens is 874 g/mol. The lowest BCUT2D eigenvalue weighted by atomic mass is 9.97. The quantitative estimate of drug-likeness (QED) is 0.0272. The van der Waals surface area contributed by atoms with E-state index in [1.165, 1.54) is 13.8 Å². The number of hydrogen-bond donors (Lipinski definition) is 10. The van der Waals surface area contributed by atoms with Crippen molar-refractivity contribution in [3.8, 4) is 0 Å². The van der Waals surface area contributed by atoms with Crippen molar-refractivity contribution in [1.82, 2.24) is 10.6 Å². The minimum Gasteiger partial charge on any atom is -0.394 e. The monoisotopic (exact) mass is 944 g/mol. The fraction of sp³-hybridized carbons (Fsp3) is 0.944. The highest BCUT2D eigenvalue weighted by atomic mass is 31.2. The van der Waals surface area contributed by atoms with Gasteiger partial charge < -0.3 is 79.5 Å². The summed E-state index contributed by atoms with van der Waals surface area (Å²) in [5.41, 5.74) is 0. The Bertz CT molecular complexity index is 1230. The largest absolute Gasteiger partial charge is 0.472 e. The second-order valence-corrected chi connectivity index (χ2v) is 17.5. The topological polar surface area (TPSA) is 346 Å². The summed E-state index contributed by atoms with van der Waals surface area (Å²) in [6.45, 7) is 2.62. The predicted octanol–water partition coefficient (Wildman–Crippen LogP) is -0.892. The van der Waals surface area contributed by atoms with Gasteiger partial charge in [0.05, 0.1) is 52.9 Å². The molecule has 2 fully saturated rings. The lowest BCUT2D eigenvalue weighted by molar-refractivity contribution is -0.270. The highest BCUT2D eigenvalue weighted by Crippen LogP contribution is 2.44. The van der Waals surface area contributed by atoms with Crippen LogP contribution in [0.4, 0.5) is 0 Å². The van der Waals surface area contributed by atoms with Gasteiger partial charge in [-0.2, -0.15) is 0 Å². The van der Waals surface area contributed by atoms with Gasteiger partial charge >= 0.3 is 15.6 Å². The zero-order valence-corrected chi connectivity index (χ0v) is 37.3. The molecule has 2 saturated heterocycles. The number of rotatable bonds is 35. The summed E-state index contributed by atoms with van der Waals surface area (Å²) in [7, 11) is -8.48. The third-order valence-corrected chi connectivity index (χ3v) is 11.4. The van der Waals surface area contributed by atoms with Crippen LogP contribution in [0.3, 0.4) is 0 Å². The van der Waals surface area contributed by atoms with E-state index in [0.29, 0.717) is 64.2 Å². The maximum absolute atomic E-state index is 12.1. The molecule has 62 heavy (non-hydrogen) atoms. The molecule has 0 bridgehead atoms. The first kappa shape index (κ1) is 56.8. The van der Waals surface area contributed by atoms with E-state index in [2.05, 4.69) is 10.6 Å². The molecule has 2 amide bonds. The summed E-state index contributed by atoms with van der Waals surface area (Å²) in [6, 6.07) is -2.03. The van der Waals surface area contributed by atoms with Crippen molar-refractivity contribution in [2.24, 2.45) is 0 Å². The molecule has 7 unspecified atom stereocenters. The van der Waals surface area contributed by atoms with Crippen LogP contribution in [0.25, 0.3) is 0 Å². The molecule has 2 aliphatic heterocycles. The van der Waals surface area contributed by atoms with Gasteiger partial charge in [0, 0.05) is 40.3 Å². The van der Waals surface area contributed by atoms with Crippen LogP contribution >= 0.6 is 15.6 Å². The number of nitrogens with one attached hydrogen (secondary N) is 2. The molecule has 2 heterocycles. The van der Waals surface area contributed by atoms with Crippen molar-refractivity contribution in [2.75, 3.05) is 79.3 Å². The number of phosphoric acid groups is 2. The first-order valence-corrected chi connectivity index (χ1v) is 23.9. The SMILES string of the molecule is CC(=O)NC1C(O)[C@@H](O)C(CO)O[C@H]1OCCCCCCOP(=O)(O)OCCCOCCOCCCOP(=O)(O)OCCCCCCO[C@@H]1OC(CO)[C@H](O)C(O)[C@@H]1NC(C)=O. The van der Waals surface area contributed by atoms with Crippen LogP contribution in [0.15, 0.2) is 0 Å². The number of amides is 2. The third kappa shape index (κ3) is 23.2. The molecule has 24 nitrogen and oxygen atoms in total. The number of carbonyl (C=O) groups excluding carboxylic acids is 2. The summed E-state index contributed by atoms with van der Waals surface area (Å²) < 4.78 is 77.3. The van der Waals surface area contributed by atoms with Crippen LogP contribution < -0.4 is 10.6 Å². The molecule has 0 aromatic carbocycles. The molecule has 366 valence electrons. The Kier molecular flexibility index (Phi) is 28.9. The minimum absolute atomic E-state index is 0.00759. The molecule has 10 N–H and O–H groups in total. The van der Waals surface area contributed by atoms with E-state index in [1.54, 1.807) is 0 Å². The van der Waals surface area contributed by atoms with E-state index in [4.69, 9.17) is 46.5 Å². The predicted molar refractivity (Wildman–Crippen MR) is 214 cm³/mol. The summed E-state index contributed by atoms with van der Waals surface area (Å²) in [6.07, 6.45) is -4.50. The number of aliphatic hydroxyl groups excluding tert-OH is 6. The van der Waals surface area contributed by atoms with Gasteiger partial charge in [-0.25, -0.2) is 9.13 Å². The summed E-state index contributed by atoms with van der Waals surface area (Å²) in [5, 5.41) is 64.5. The zero-order chi connectivity index (χ0) is 46.0. The first-order chi connectivity index (χ1) is 29.5. The average Bonchev–Trinajstić information content (AvgIpc) is 3.21. The molecule has 0 radical (unpaired) electrons. The second-order valence-electron chi connectivity index (χ2n) is 14.6. The van der Waals surface area contributed by atoms with Crippen molar-refractivity contribution in [3.63, 3.8) is 0 Å². The van der Waals surface area contributed by atoms with Gasteiger partial charge in [0.2, 0.25) is 11.8 Å². The zero-order valence-electron chi connectivity index (χ0n) is 35.5. The van der Waals surface area contributed by atoms with Gasteiger partial charge in [-0.1, -0.05) is 25.7 Å². The molecule has 26 heteroatoms. The van der Waals surface area contributed by atoms with Gasteiger partial charge in [-0.05, 0) is 38.5 Å². The van der Waals surface area contributed by atoms with E-state index in [0.717, 1.165) is 0 Å². The lowest BCUT2D eigenvalue weighted by Crippen LogP contribution is -2.64. The first-order valence-electron chi connectivity index (χ1n) is 20.9. The third-order valence-electron chi connectivity index (χ3n) is 9.40. The Morgan fingerprint density at radius 2 is 0.806 bits per heavy atom. The van der Waals surface area contributed by atoms with Gasteiger partial charge in [0.1, 0.15) is 48.7 Å². The van der Waals surface area contributed by atoms with Gasteiger partial charge in [0.15, 0.2) is 12.6 Å². The van der Waals surface area contributed by atoms with Crippen molar-refractivity contribution in [2.45, 2.75) is 139 Å². The molecule has 0 aromatic rings. The minimum atomic E-state index is -4.24. The Balaban J connectivity index is 1.39. The van der Waals surface area contributed by atoms with Crippen LogP contribution in [0, 0.1) is 0 Å². The van der Waals surface area contributed by atoms with Crippen LogP contribution in [-0.4, -0.2) is 193 Å². The molecule has 0 spiro atoms. The fourth-order valence-corrected chi connectivity index (χ4v) is 7.77. The number of aliphatic hydroxyl groups is 6. The number of ether oxygens (including phenoxy) is 6. The van der Waals surface area contributed by atoms with Crippen molar-refractivity contribution in [1.29, 1.82) is 0 Å². The number of phosphoric ester groups is 2. The molecule has 0 aliphatic carbocycles. The molecular formula is C36H70N2O22P2. The van der Waals surface area contributed by atoms with Crippen molar-refractivity contribution in [3.05, 3.63) is 0 Å². The number of hydrogen-bond acceptors (Lipinski definition) is 20. The van der Waals surface area contributed by atoms with E-state index >= 15 is 0 Å². The number of carbonyl (C=O) groups is 2. The van der Waals surface area contributed by atoms with E-state index < -0.39 is 102 Å². The molecule has 0 saturated carbocycles. The maximum atomic E-state index is 12.1. The van der Waals surface area contributed by atoms with Crippen molar-refractivity contribution < 1.29 is 106 Å². The van der Waals surface area contributed by atoms with Gasteiger partial charge in [-0.15, -0.1) is 0 Å². The molecule has 2 rings (SSSR count). The Morgan fingerprint density at radius 1 is 0.484 bits per heavy atom. The molecule has 12 atom stereocenters. The highest BCUT2D eigenvalue weighted by Gasteiger charge is 2.46. The number of unbranched alkanes of at least 4 members (excludes halogenated alkanes) is 6. The lowest BCUT2D eigenvalue weighted by Gasteiger charge is -2.42.